The first-order valence-electron chi connectivity index (χ1n) is 9.06. The third kappa shape index (κ3) is 5.34. The Labute approximate surface area is 163 Å². The number of rotatable bonds is 5. The van der Waals surface area contributed by atoms with Crippen LogP contribution in [0.2, 0.25) is 5.02 Å². The fraction of sp³-hybridized carbons (Fsp3) is 0.350. The van der Waals surface area contributed by atoms with Gasteiger partial charge in [-0.15, -0.1) is 0 Å². The molecule has 0 saturated carbocycles. The molecular formula is C20H23ClFN3O2. The molecule has 1 fully saturated rings. The predicted octanol–water partition coefficient (Wildman–Crippen LogP) is 4.32. The van der Waals surface area contributed by atoms with Crippen LogP contribution in [0.15, 0.2) is 42.5 Å². The van der Waals surface area contributed by atoms with Crippen molar-refractivity contribution in [1.29, 1.82) is 0 Å². The van der Waals surface area contributed by atoms with Gasteiger partial charge in [-0.25, -0.2) is 9.18 Å². The summed E-state index contributed by atoms with van der Waals surface area (Å²) in [6.45, 7) is 1.95. The van der Waals surface area contributed by atoms with E-state index < -0.39 is 18.0 Å². The minimum atomic E-state index is -0.989. The molecule has 3 N–H and O–H groups in total. The van der Waals surface area contributed by atoms with Gasteiger partial charge in [0.25, 0.3) is 0 Å². The SMILES string of the molecule is O=C(NCC(O)c1cccc(F)c1)Nc1ccc(N2CCCCC2)c(Cl)c1. The third-order valence-electron chi connectivity index (χ3n) is 4.59. The van der Waals surface area contributed by atoms with Crippen molar-refractivity contribution in [3.8, 4) is 0 Å². The molecule has 2 aromatic rings. The summed E-state index contributed by atoms with van der Waals surface area (Å²) >= 11 is 6.38. The van der Waals surface area contributed by atoms with Crippen LogP contribution in [0.1, 0.15) is 30.9 Å². The van der Waals surface area contributed by atoms with E-state index in [4.69, 9.17) is 11.6 Å². The molecule has 0 bridgehead atoms. The van der Waals surface area contributed by atoms with Crippen LogP contribution in [-0.2, 0) is 0 Å². The lowest BCUT2D eigenvalue weighted by Crippen LogP contribution is -2.32. The maximum Gasteiger partial charge on any atom is 0.319 e. The smallest absolute Gasteiger partial charge is 0.319 e. The highest BCUT2D eigenvalue weighted by atomic mass is 35.5. The third-order valence-corrected chi connectivity index (χ3v) is 4.89. The summed E-state index contributed by atoms with van der Waals surface area (Å²) in [4.78, 5) is 14.3. The lowest BCUT2D eigenvalue weighted by Gasteiger charge is -2.29. The summed E-state index contributed by atoms with van der Waals surface area (Å²) in [6, 6.07) is 10.6. The topological polar surface area (TPSA) is 64.6 Å². The van der Waals surface area contributed by atoms with Crippen LogP contribution in [0.5, 0.6) is 0 Å². The van der Waals surface area contributed by atoms with Crippen molar-refractivity contribution < 1.29 is 14.3 Å². The minimum Gasteiger partial charge on any atom is -0.387 e. The average Bonchev–Trinajstić information content (AvgIpc) is 2.67. The van der Waals surface area contributed by atoms with E-state index in [-0.39, 0.29) is 6.54 Å². The summed E-state index contributed by atoms with van der Waals surface area (Å²) in [5, 5.41) is 15.9. The summed E-state index contributed by atoms with van der Waals surface area (Å²) in [5.41, 5.74) is 1.95. The van der Waals surface area contributed by atoms with Gasteiger partial charge in [0, 0.05) is 25.3 Å². The summed E-state index contributed by atoms with van der Waals surface area (Å²) in [5.74, 6) is -0.431. The minimum absolute atomic E-state index is 0.0329. The Morgan fingerprint density at radius 3 is 2.67 bits per heavy atom. The zero-order chi connectivity index (χ0) is 19.2. The molecular weight excluding hydrogens is 369 g/mol. The molecule has 3 rings (SSSR count). The standard InChI is InChI=1S/C20H23ClFN3O2/c21-17-12-16(7-8-18(17)25-9-2-1-3-10-25)24-20(27)23-13-19(26)14-5-4-6-15(22)11-14/h4-8,11-12,19,26H,1-3,9-10,13H2,(H2,23,24,27). The number of hydrogen-bond acceptors (Lipinski definition) is 3. The molecule has 1 heterocycles. The Bertz CT molecular complexity index is 797. The van der Waals surface area contributed by atoms with Crippen LogP contribution in [-0.4, -0.2) is 30.8 Å². The fourth-order valence-electron chi connectivity index (χ4n) is 3.17. The van der Waals surface area contributed by atoms with Crippen LogP contribution in [0.25, 0.3) is 0 Å². The number of anilines is 2. The van der Waals surface area contributed by atoms with Gasteiger partial charge in [0.1, 0.15) is 5.82 Å². The van der Waals surface area contributed by atoms with E-state index in [0.29, 0.717) is 16.3 Å². The van der Waals surface area contributed by atoms with Crippen molar-refractivity contribution in [2.45, 2.75) is 25.4 Å². The fourth-order valence-corrected chi connectivity index (χ4v) is 3.47. The van der Waals surface area contributed by atoms with Crippen LogP contribution < -0.4 is 15.5 Å². The molecule has 0 spiro atoms. The average molecular weight is 392 g/mol. The van der Waals surface area contributed by atoms with E-state index in [1.165, 1.54) is 24.6 Å². The number of nitrogens with zero attached hydrogens (tertiary/aromatic N) is 1. The summed E-state index contributed by atoms with van der Waals surface area (Å²) in [7, 11) is 0. The monoisotopic (exact) mass is 391 g/mol. The van der Waals surface area contributed by atoms with Crippen molar-refractivity contribution in [1.82, 2.24) is 5.32 Å². The van der Waals surface area contributed by atoms with E-state index in [2.05, 4.69) is 15.5 Å². The van der Waals surface area contributed by atoms with Crippen LogP contribution in [0.4, 0.5) is 20.6 Å². The number of aliphatic hydroxyl groups is 1. The predicted molar refractivity (Wildman–Crippen MR) is 106 cm³/mol. The molecule has 27 heavy (non-hydrogen) atoms. The lowest BCUT2D eigenvalue weighted by molar-refractivity contribution is 0.174. The van der Waals surface area contributed by atoms with Gasteiger partial charge in [-0.1, -0.05) is 23.7 Å². The van der Waals surface area contributed by atoms with E-state index in [1.54, 1.807) is 18.2 Å². The van der Waals surface area contributed by atoms with Crippen LogP contribution >= 0.6 is 11.6 Å². The molecule has 7 heteroatoms. The maximum absolute atomic E-state index is 13.2. The molecule has 144 valence electrons. The number of urea groups is 1. The summed E-state index contributed by atoms with van der Waals surface area (Å²) in [6.07, 6.45) is 2.57. The number of amides is 2. The Morgan fingerprint density at radius 1 is 1.19 bits per heavy atom. The quantitative estimate of drug-likeness (QED) is 0.711. The van der Waals surface area contributed by atoms with Crippen molar-refractivity contribution in [2.75, 3.05) is 29.9 Å². The molecule has 2 amide bonds. The van der Waals surface area contributed by atoms with Gasteiger partial charge in [-0.05, 0) is 55.2 Å². The maximum atomic E-state index is 13.2. The van der Waals surface area contributed by atoms with Crippen LogP contribution in [0.3, 0.4) is 0 Å². The number of benzene rings is 2. The second kappa shape index (κ2) is 9.06. The molecule has 0 radical (unpaired) electrons. The van der Waals surface area contributed by atoms with Crippen molar-refractivity contribution in [3.63, 3.8) is 0 Å². The highest BCUT2D eigenvalue weighted by Gasteiger charge is 2.15. The second-order valence-corrected chi connectivity index (χ2v) is 7.03. The largest absolute Gasteiger partial charge is 0.387 e. The van der Waals surface area contributed by atoms with E-state index in [1.807, 2.05) is 6.07 Å². The Hall–Kier alpha value is -2.31. The van der Waals surface area contributed by atoms with Crippen molar-refractivity contribution in [2.24, 2.45) is 0 Å². The number of carbonyl (C=O) groups excluding carboxylic acids is 1. The summed E-state index contributed by atoms with van der Waals surface area (Å²) < 4.78 is 13.2. The Balaban J connectivity index is 1.53. The van der Waals surface area contributed by atoms with Gasteiger partial charge in [-0.2, -0.15) is 0 Å². The van der Waals surface area contributed by atoms with Gasteiger partial charge in [0.2, 0.25) is 0 Å². The normalized spacial score (nSPS) is 15.3. The zero-order valence-electron chi connectivity index (χ0n) is 14.9. The first-order chi connectivity index (χ1) is 13.0. The van der Waals surface area contributed by atoms with Crippen molar-refractivity contribution >= 4 is 29.0 Å². The number of carbonyl (C=O) groups is 1. The van der Waals surface area contributed by atoms with Gasteiger partial charge < -0.3 is 20.6 Å². The second-order valence-electron chi connectivity index (χ2n) is 6.62. The number of halogens is 2. The molecule has 1 aliphatic rings. The van der Waals surface area contributed by atoms with Gasteiger partial charge >= 0.3 is 6.03 Å². The van der Waals surface area contributed by atoms with E-state index >= 15 is 0 Å². The molecule has 1 aliphatic heterocycles. The van der Waals surface area contributed by atoms with E-state index in [0.717, 1.165) is 31.6 Å². The molecule has 0 aliphatic carbocycles. The molecule has 2 aromatic carbocycles. The van der Waals surface area contributed by atoms with Gasteiger partial charge in [0.15, 0.2) is 0 Å². The highest BCUT2D eigenvalue weighted by molar-refractivity contribution is 6.33. The van der Waals surface area contributed by atoms with Gasteiger partial charge in [0.05, 0.1) is 16.8 Å². The zero-order valence-corrected chi connectivity index (χ0v) is 15.7. The van der Waals surface area contributed by atoms with E-state index in [9.17, 15) is 14.3 Å². The van der Waals surface area contributed by atoms with Gasteiger partial charge in [-0.3, -0.25) is 0 Å². The Kier molecular flexibility index (Phi) is 6.53. The Morgan fingerprint density at radius 2 is 1.96 bits per heavy atom. The number of hydrogen-bond donors (Lipinski definition) is 3. The number of aliphatic hydroxyl groups excluding tert-OH is 1. The highest BCUT2D eigenvalue weighted by Crippen LogP contribution is 2.30. The molecule has 0 aromatic heterocycles. The molecule has 1 atom stereocenters. The first kappa shape index (κ1) is 19.5. The number of nitrogens with one attached hydrogen (secondary N) is 2. The molecule has 1 saturated heterocycles. The first-order valence-corrected chi connectivity index (χ1v) is 9.43. The lowest BCUT2D eigenvalue weighted by atomic mass is 10.1. The van der Waals surface area contributed by atoms with Crippen molar-refractivity contribution in [3.05, 3.63) is 58.9 Å². The number of piperidine rings is 1. The molecule has 1 unspecified atom stereocenters. The van der Waals surface area contributed by atoms with Crippen LogP contribution in [0, 0.1) is 5.82 Å². The molecule has 5 nitrogen and oxygen atoms in total.